The SMILES string of the molecule is Cc1ccccc1CN1C(=O)[C@@](O)(CC(=O)c2ccccc2)c2cc(Cl)ccc21. The number of fused-ring (bicyclic) bond motifs is 1. The fourth-order valence-corrected chi connectivity index (χ4v) is 3.94. The van der Waals surface area contributed by atoms with Crippen molar-refractivity contribution in [2.75, 3.05) is 4.90 Å². The van der Waals surface area contributed by atoms with E-state index in [1.807, 2.05) is 37.3 Å². The van der Waals surface area contributed by atoms with Gasteiger partial charge in [0.15, 0.2) is 11.4 Å². The number of benzene rings is 3. The van der Waals surface area contributed by atoms with Crippen LogP contribution in [-0.4, -0.2) is 16.8 Å². The summed E-state index contributed by atoms with van der Waals surface area (Å²) >= 11 is 6.16. The van der Waals surface area contributed by atoms with E-state index in [0.717, 1.165) is 11.1 Å². The zero-order valence-corrected chi connectivity index (χ0v) is 16.7. The van der Waals surface area contributed by atoms with Gasteiger partial charge in [0, 0.05) is 16.1 Å². The average molecular weight is 406 g/mol. The molecule has 0 bridgehead atoms. The van der Waals surface area contributed by atoms with Crippen LogP contribution < -0.4 is 4.90 Å². The molecule has 4 nitrogen and oxygen atoms in total. The summed E-state index contributed by atoms with van der Waals surface area (Å²) in [6, 6.07) is 21.4. The Bertz CT molecular complexity index is 1100. The first kappa shape index (κ1) is 19.4. The van der Waals surface area contributed by atoms with Gasteiger partial charge in [0.25, 0.3) is 5.91 Å². The van der Waals surface area contributed by atoms with Crippen LogP contribution in [0.1, 0.15) is 33.5 Å². The standard InChI is InChI=1S/C24H20ClNO3/c1-16-7-5-6-10-18(16)15-26-21-12-11-19(25)13-20(21)24(29,23(26)28)14-22(27)17-8-3-2-4-9-17/h2-13,29H,14-15H2,1H3/t24-/m1/s1. The highest BCUT2D eigenvalue weighted by Crippen LogP contribution is 2.44. The number of carbonyl (C=O) groups is 2. The number of Topliss-reactive ketones (excluding diaryl/α,β-unsaturated/α-hetero) is 1. The predicted octanol–water partition coefficient (Wildman–Crippen LogP) is 4.66. The maximum Gasteiger partial charge on any atom is 0.264 e. The van der Waals surface area contributed by atoms with Gasteiger partial charge >= 0.3 is 0 Å². The monoisotopic (exact) mass is 405 g/mol. The number of aryl methyl sites for hydroxylation is 1. The molecule has 0 saturated carbocycles. The van der Waals surface area contributed by atoms with Crippen LogP contribution in [0.3, 0.4) is 0 Å². The van der Waals surface area contributed by atoms with Crippen LogP contribution in [0, 0.1) is 6.92 Å². The van der Waals surface area contributed by atoms with E-state index in [9.17, 15) is 14.7 Å². The van der Waals surface area contributed by atoms with E-state index in [4.69, 9.17) is 11.6 Å². The molecule has 0 aromatic heterocycles. The van der Waals surface area contributed by atoms with Crippen LogP contribution in [-0.2, 0) is 16.9 Å². The zero-order chi connectivity index (χ0) is 20.6. The number of nitrogens with zero attached hydrogens (tertiary/aromatic N) is 1. The first-order chi connectivity index (χ1) is 13.9. The number of anilines is 1. The first-order valence-corrected chi connectivity index (χ1v) is 9.75. The summed E-state index contributed by atoms with van der Waals surface area (Å²) < 4.78 is 0. The maximum atomic E-state index is 13.4. The van der Waals surface area contributed by atoms with Crippen molar-refractivity contribution in [3.63, 3.8) is 0 Å². The Kier molecular flexibility index (Phi) is 4.99. The van der Waals surface area contributed by atoms with Crippen LogP contribution in [0.5, 0.6) is 0 Å². The van der Waals surface area contributed by atoms with Crippen LogP contribution in [0.15, 0.2) is 72.8 Å². The van der Waals surface area contributed by atoms with Gasteiger partial charge in [-0.2, -0.15) is 0 Å². The van der Waals surface area contributed by atoms with Crippen LogP contribution in [0.2, 0.25) is 5.02 Å². The molecule has 146 valence electrons. The van der Waals surface area contributed by atoms with E-state index in [1.54, 1.807) is 42.5 Å². The smallest absolute Gasteiger partial charge is 0.264 e. The van der Waals surface area contributed by atoms with Crippen molar-refractivity contribution in [1.82, 2.24) is 0 Å². The maximum absolute atomic E-state index is 13.4. The summed E-state index contributed by atoms with van der Waals surface area (Å²) in [5.41, 5.74) is 1.47. The second-order valence-electron chi connectivity index (χ2n) is 7.31. The van der Waals surface area contributed by atoms with Gasteiger partial charge in [-0.25, -0.2) is 0 Å². The van der Waals surface area contributed by atoms with Crippen molar-refractivity contribution in [1.29, 1.82) is 0 Å². The van der Waals surface area contributed by atoms with Crippen molar-refractivity contribution in [3.8, 4) is 0 Å². The predicted molar refractivity (Wildman–Crippen MR) is 113 cm³/mol. The van der Waals surface area contributed by atoms with Crippen molar-refractivity contribution in [2.24, 2.45) is 0 Å². The molecule has 0 radical (unpaired) electrons. The Morgan fingerprint density at radius 1 is 1.03 bits per heavy atom. The number of rotatable bonds is 5. The highest BCUT2D eigenvalue weighted by atomic mass is 35.5. The second kappa shape index (κ2) is 7.47. The summed E-state index contributed by atoms with van der Waals surface area (Å²) in [6.07, 6.45) is -0.340. The average Bonchev–Trinajstić information content (AvgIpc) is 2.92. The third-order valence-electron chi connectivity index (χ3n) is 5.40. The quantitative estimate of drug-likeness (QED) is 0.628. The topological polar surface area (TPSA) is 57.6 Å². The summed E-state index contributed by atoms with van der Waals surface area (Å²) in [7, 11) is 0. The Labute approximate surface area is 174 Å². The van der Waals surface area contributed by atoms with E-state index < -0.39 is 11.5 Å². The molecule has 1 aliphatic rings. The largest absolute Gasteiger partial charge is 0.375 e. The lowest BCUT2D eigenvalue weighted by Crippen LogP contribution is -2.41. The molecule has 0 unspecified atom stereocenters. The fourth-order valence-electron chi connectivity index (χ4n) is 3.77. The van der Waals surface area contributed by atoms with Crippen molar-refractivity contribution in [2.45, 2.75) is 25.5 Å². The summed E-state index contributed by atoms with van der Waals surface area (Å²) in [5, 5.41) is 11.8. The lowest BCUT2D eigenvalue weighted by molar-refractivity contribution is -0.136. The molecule has 1 aliphatic heterocycles. The Morgan fingerprint density at radius 2 is 1.72 bits per heavy atom. The van der Waals surface area contributed by atoms with E-state index in [2.05, 4.69) is 0 Å². The van der Waals surface area contributed by atoms with Gasteiger partial charge < -0.3 is 10.0 Å². The minimum atomic E-state index is -1.95. The molecule has 4 rings (SSSR count). The number of ketones is 1. The van der Waals surface area contributed by atoms with Gasteiger partial charge in [-0.15, -0.1) is 0 Å². The van der Waals surface area contributed by atoms with Crippen LogP contribution in [0.4, 0.5) is 5.69 Å². The van der Waals surface area contributed by atoms with Crippen molar-refractivity contribution < 1.29 is 14.7 Å². The molecule has 0 aliphatic carbocycles. The lowest BCUT2D eigenvalue weighted by Gasteiger charge is -2.23. The van der Waals surface area contributed by atoms with Crippen molar-refractivity contribution in [3.05, 3.63) is 100 Å². The van der Waals surface area contributed by atoms with Crippen LogP contribution >= 0.6 is 11.6 Å². The van der Waals surface area contributed by atoms with Gasteiger partial charge in [-0.05, 0) is 36.2 Å². The Balaban J connectivity index is 1.73. The molecule has 1 heterocycles. The molecule has 0 spiro atoms. The van der Waals surface area contributed by atoms with Crippen LogP contribution in [0.25, 0.3) is 0 Å². The Hall–Kier alpha value is -2.95. The van der Waals surface area contributed by atoms with Gasteiger partial charge in [-0.3, -0.25) is 9.59 Å². The number of halogens is 1. The molecule has 29 heavy (non-hydrogen) atoms. The molecule has 1 atom stereocenters. The van der Waals surface area contributed by atoms with E-state index in [-0.39, 0.29) is 12.2 Å². The molecule has 1 amide bonds. The van der Waals surface area contributed by atoms with E-state index in [0.29, 0.717) is 28.4 Å². The fraction of sp³-hybridized carbons (Fsp3) is 0.167. The van der Waals surface area contributed by atoms with Gasteiger partial charge in [0.1, 0.15) is 0 Å². The normalized spacial score (nSPS) is 18.0. The highest BCUT2D eigenvalue weighted by molar-refractivity contribution is 6.31. The Morgan fingerprint density at radius 3 is 2.45 bits per heavy atom. The zero-order valence-electron chi connectivity index (χ0n) is 15.9. The lowest BCUT2D eigenvalue weighted by atomic mass is 9.88. The molecule has 0 saturated heterocycles. The molecular formula is C24H20ClNO3. The third-order valence-corrected chi connectivity index (χ3v) is 5.63. The van der Waals surface area contributed by atoms with E-state index in [1.165, 1.54) is 4.90 Å². The number of amides is 1. The van der Waals surface area contributed by atoms with Gasteiger partial charge in [0.05, 0.1) is 18.7 Å². The number of carbonyl (C=O) groups excluding carboxylic acids is 2. The molecule has 3 aromatic rings. The highest BCUT2D eigenvalue weighted by Gasteiger charge is 2.51. The summed E-state index contributed by atoms with van der Waals surface area (Å²) in [6.45, 7) is 2.28. The number of hydrogen-bond donors (Lipinski definition) is 1. The molecule has 0 fully saturated rings. The third kappa shape index (κ3) is 3.46. The van der Waals surface area contributed by atoms with Gasteiger partial charge in [-0.1, -0.05) is 66.2 Å². The summed E-state index contributed by atoms with van der Waals surface area (Å²) in [5.74, 6) is -0.813. The number of aliphatic hydroxyl groups is 1. The summed E-state index contributed by atoms with van der Waals surface area (Å²) in [4.78, 5) is 27.7. The number of hydrogen-bond acceptors (Lipinski definition) is 3. The van der Waals surface area contributed by atoms with Crippen molar-refractivity contribution >= 4 is 29.0 Å². The minimum absolute atomic E-state index is 0.301. The minimum Gasteiger partial charge on any atom is -0.375 e. The van der Waals surface area contributed by atoms with E-state index >= 15 is 0 Å². The second-order valence-corrected chi connectivity index (χ2v) is 7.74. The molecule has 3 aromatic carbocycles. The van der Waals surface area contributed by atoms with Gasteiger partial charge in [0.2, 0.25) is 0 Å². The molecular weight excluding hydrogens is 386 g/mol. The molecule has 5 heteroatoms. The molecule has 1 N–H and O–H groups in total. The first-order valence-electron chi connectivity index (χ1n) is 9.37.